The van der Waals surface area contributed by atoms with Crippen LogP contribution in [0.4, 0.5) is 0 Å². The van der Waals surface area contributed by atoms with Gasteiger partial charge in [0.1, 0.15) is 5.78 Å². The number of ketones is 1. The minimum atomic E-state index is -0.634. The lowest BCUT2D eigenvalue weighted by Gasteiger charge is -2.44. The summed E-state index contributed by atoms with van der Waals surface area (Å²) in [4.78, 5) is 12.8. The molecule has 40 heavy (non-hydrogen) atoms. The first-order valence-corrected chi connectivity index (χ1v) is 16.3. The molecule has 4 heteroatoms. The van der Waals surface area contributed by atoms with Crippen LogP contribution in [0.25, 0.3) is 0 Å². The zero-order valence-corrected chi connectivity index (χ0v) is 25.8. The topological polar surface area (TPSA) is 66.8 Å². The molecule has 0 spiro atoms. The van der Waals surface area contributed by atoms with Crippen LogP contribution in [0, 0.1) is 28.6 Å². The summed E-state index contributed by atoms with van der Waals surface area (Å²) in [6.07, 6.45) is 23.3. The van der Waals surface area contributed by atoms with Gasteiger partial charge in [0.05, 0.1) is 18.3 Å². The van der Waals surface area contributed by atoms with Gasteiger partial charge < -0.3 is 14.9 Å². The number of ether oxygens (including phenoxy) is 1. The van der Waals surface area contributed by atoms with Gasteiger partial charge >= 0.3 is 0 Å². The molecule has 0 aromatic rings. The fraction of sp³-hybridized carbons (Fsp3) is 0.750. The number of fused-ring (bicyclic) bond motifs is 1. The Bertz CT molecular complexity index is 985. The zero-order chi connectivity index (χ0) is 28.9. The zero-order valence-electron chi connectivity index (χ0n) is 25.8. The molecule has 2 N–H and O–H groups in total. The average molecular weight is 553 g/mol. The van der Waals surface area contributed by atoms with Crippen LogP contribution in [-0.2, 0) is 9.53 Å². The highest BCUT2D eigenvalue weighted by atomic mass is 16.5. The molecule has 4 fully saturated rings. The molecular weight excluding hydrogens is 496 g/mol. The number of hydrogen-bond acceptors (Lipinski definition) is 4. The molecule has 0 aromatic carbocycles. The van der Waals surface area contributed by atoms with Gasteiger partial charge in [-0.3, -0.25) is 4.79 Å². The Hall–Kier alpha value is -1.49. The molecule has 7 atom stereocenters. The third kappa shape index (κ3) is 7.10. The van der Waals surface area contributed by atoms with E-state index in [1.165, 1.54) is 31.3 Å². The summed E-state index contributed by atoms with van der Waals surface area (Å²) in [5, 5.41) is 20.4. The molecule has 0 bridgehead atoms. The van der Waals surface area contributed by atoms with Crippen molar-refractivity contribution in [2.24, 2.45) is 28.6 Å². The monoisotopic (exact) mass is 552 g/mol. The van der Waals surface area contributed by atoms with Gasteiger partial charge in [-0.25, -0.2) is 0 Å². The lowest BCUT2D eigenvalue weighted by molar-refractivity contribution is -0.124. The van der Waals surface area contributed by atoms with Crippen molar-refractivity contribution in [2.75, 3.05) is 7.11 Å². The number of aliphatic hydroxyl groups is 2. The van der Waals surface area contributed by atoms with Gasteiger partial charge in [-0.15, -0.1) is 0 Å². The van der Waals surface area contributed by atoms with E-state index in [2.05, 4.69) is 51.7 Å². The molecule has 0 aromatic heterocycles. The minimum Gasteiger partial charge on any atom is -0.393 e. The maximum absolute atomic E-state index is 12.8. The van der Waals surface area contributed by atoms with Crippen LogP contribution in [0.3, 0.4) is 0 Å². The molecule has 0 unspecified atom stereocenters. The first-order chi connectivity index (χ1) is 19.1. The van der Waals surface area contributed by atoms with Crippen molar-refractivity contribution < 1.29 is 19.7 Å². The Morgan fingerprint density at radius 2 is 1.93 bits per heavy atom. The van der Waals surface area contributed by atoms with Crippen LogP contribution in [0.2, 0.25) is 0 Å². The fourth-order valence-electron chi connectivity index (χ4n) is 8.37. The standard InChI is InChI=1S/C36H56O4/c1-6-7-8-11-34(39)36(21-22-36)20-18-30(40-5)15-12-25(2)31-16-17-32-27(10-9-19-35(31,32)4)13-14-28-23-29(37)24-33(38)26(28)3/h12-15,25,29-33,37-38H,3,6-11,16-24H2,1-2,4-5H3/b15-12+,27-13+,28-14-/t25-,29-,30-,31-,32+,33+,35-/m1/s1. The Morgan fingerprint density at radius 1 is 1.15 bits per heavy atom. The van der Waals surface area contributed by atoms with Crippen LogP contribution < -0.4 is 0 Å². The quantitative estimate of drug-likeness (QED) is 0.179. The van der Waals surface area contributed by atoms with E-state index in [-0.39, 0.29) is 11.5 Å². The van der Waals surface area contributed by atoms with E-state index in [0.29, 0.717) is 41.8 Å². The molecule has 0 radical (unpaired) electrons. The van der Waals surface area contributed by atoms with Gasteiger partial charge in [-0.2, -0.15) is 0 Å². The molecule has 0 aliphatic heterocycles. The van der Waals surface area contributed by atoms with Crippen molar-refractivity contribution in [3.05, 3.63) is 47.6 Å². The predicted octanol–water partition coefficient (Wildman–Crippen LogP) is 8.04. The highest BCUT2D eigenvalue weighted by molar-refractivity contribution is 5.87. The molecule has 4 saturated carbocycles. The SMILES string of the molecule is C=C1/C(=C\C=C2/CCC[C@]3(C)[C@@H]([C@H](C)/C=C/[C@H](CCC4(C(=O)CCCCC)CC4)OC)CC[C@@H]23)C[C@@H](O)C[C@@H]1O. The van der Waals surface area contributed by atoms with Crippen molar-refractivity contribution >= 4 is 5.78 Å². The average Bonchev–Trinajstić information content (AvgIpc) is 3.64. The van der Waals surface area contributed by atoms with Crippen molar-refractivity contribution in [1.29, 1.82) is 0 Å². The predicted molar refractivity (Wildman–Crippen MR) is 164 cm³/mol. The van der Waals surface area contributed by atoms with Crippen molar-refractivity contribution in [2.45, 2.75) is 135 Å². The summed E-state index contributed by atoms with van der Waals surface area (Å²) in [7, 11) is 1.81. The molecule has 4 nitrogen and oxygen atoms in total. The Labute approximate surface area is 244 Å². The van der Waals surface area contributed by atoms with Crippen LogP contribution in [-0.4, -0.2) is 41.4 Å². The van der Waals surface area contributed by atoms with E-state index >= 15 is 0 Å². The Morgan fingerprint density at radius 3 is 2.62 bits per heavy atom. The van der Waals surface area contributed by atoms with Crippen LogP contribution in [0.5, 0.6) is 0 Å². The molecule has 224 valence electrons. The first kappa shape index (κ1) is 31.4. The number of hydrogen-bond donors (Lipinski definition) is 2. The highest BCUT2D eigenvalue weighted by Crippen LogP contribution is 2.59. The van der Waals surface area contributed by atoms with E-state index in [4.69, 9.17) is 4.74 Å². The molecular formula is C36H56O4. The van der Waals surface area contributed by atoms with E-state index in [9.17, 15) is 15.0 Å². The Balaban J connectivity index is 1.36. The smallest absolute Gasteiger partial charge is 0.139 e. The maximum Gasteiger partial charge on any atom is 0.139 e. The van der Waals surface area contributed by atoms with E-state index in [0.717, 1.165) is 68.9 Å². The summed E-state index contributed by atoms with van der Waals surface area (Å²) >= 11 is 0. The van der Waals surface area contributed by atoms with Gasteiger partial charge in [0, 0.05) is 25.4 Å². The van der Waals surface area contributed by atoms with Gasteiger partial charge in [0.15, 0.2) is 0 Å². The van der Waals surface area contributed by atoms with Crippen molar-refractivity contribution in [3.8, 4) is 0 Å². The number of aliphatic hydroxyl groups excluding tert-OH is 2. The number of allylic oxidation sites excluding steroid dienone is 4. The first-order valence-electron chi connectivity index (χ1n) is 16.3. The highest BCUT2D eigenvalue weighted by Gasteiger charge is 2.50. The van der Waals surface area contributed by atoms with Gasteiger partial charge in [0.25, 0.3) is 0 Å². The number of Topliss-reactive ketones (excluding diaryl/α,β-unsaturated/α-hetero) is 1. The second-order valence-corrected chi connectivity index (χ2v) is 13.9. The second-order valence-electron chi connectivity index (χ2n) is 13.9. The van der Waals surface area contributed by atoms with Crippen molar-refractivity contribution in [3.63, 3.8) is 0 Å². The number of unbranched alkanes of at least 4 members (excludes halogenated alkanes) is 2. The summed E-state index contributed by atoms with van der Waals surface area (Å²) in [6.45, 7) is 11.2. The summed E-state index contributed by atoms with van der Waals surface area (Å²) in [5.41, 5.74) is 3.55. The van der Waals surface area contributed by atoms with Gasteiger partial charge in [-0.05, 0) is 105 Å². The van der Waals surface area contributed by atoms with Gasteiger partial charge in [0.2, 0.25) is 0 Å². The third-order valence-electron chi connectivity index (χ3n) is 11.2. The molecule has 0 saturated heterocycles. The van der Waals surface area contributed by atoms with E-state index in [1.807, 2.05) is 0 Å². The van der Waals surface area contributed by atoms with E-state index in [1.54, 1.807) is 7.11 Å². The van der Waals surface area contributed by atoms with Crippen LogP contribution >= 0.6 is 0 Å². The lowest BCUT2D eigenvalue weighted by atomic mass is 9.61. The number of carbonyl (C=O) groups excluding carboxylic acids is 1. The third-order valence-corrected chi connectivity index (χ3v) is 11.2. The van der Waals surface area contributed by atoms with Crippen molar-refractivity contribution in [1.82, 2.24) is 0 Å². The molecule has 4 aliphatic rings. The maximum atomic E-state index is 12.8. The molecule has 4 rings (SSSR count). The van der Waals surface area contributed by atoms with Crippen LogP contribution in [0.15, 0.2) is 47.6 Å². The molecule has 4 aliphatic carbocycles. The molecule has 0 amide bonds. The summed E-state index contributed by atoms with van der Waals surface area (Å²) in [5.74, 6) is 2.22. The Kier molecular flexibility index (Phi) is 10.7. The lowest BCUT2D eigenvalue weighted by Crippen LogP contribution is -2.35. The second kappa shape index (κ2) is 13.7. The largest absolute Gasteiger partial charge is 0.393 e. The number of methoxy groups -OCH3 is 1. The van der Waals surface area contributed by atoms with E-state index < -0.39 is 12.2 Å². The summed E-state index contributed by atoms with van der Waals surface area (Å²) < 4.78 is 5.87. The van der Waals surface area contributed by atoms with Gasteiger partial charge in [-0.1, -0.05) is 70.1 Å². The number of rotatable bonds is 13. The van der Waals surface area contributed by atoms with Crippen LogP contribution in [0.1, 0.15) is 117 Å². The normalized spacial score (nSPS) is 35.3. The fourth-order valence-corrected chi connectivity index (χ4v) is 8.37. The number of carbonyl (C=O) groups is 1. The minimum absolute atomic E-state index is 0.0452. The molecule has 0 heterocycles. The summed E-state index contributed by atoms with van der Waals surface area (Å²) in [6, 6.07) is 0.